The van der Waals surface area contributed by atoms with Crippen molar-refractivity contribution >= 4 is 11.9 Å². The number of rotatable bonds is 9. The van der Waals surface area contributed by atoms with Gasteiger partial charge in [0.2, 0.25) is 0 Å². The van der Waals surface area contributed by atoms with Crippen molar-refractivity contribution in [1.29, 1.82) is 0 Å². The number of carboxylic acid groups (broad SMARTS) is 1. The van der Waals surface area contributed by atoms with Crippen LogP contribution in [-0.4, -0.2) is 44.4 Å². The van der Waals surface area contributed by atoms with E-state index >= 15 is 0 Å². The van der Waals surface area contributed by atoms with E-state index in [1.165, 1.54) is 33.5 Å². The molecular weight excluding hydrogens is 302 g/mol. The number of hydrogen-bond acceptors (Lipinski definition) is 5. The van der Waals surface area contributed by atoms with Gasteiger partial charge < -0.3 is 24.6 Å². The van der Waals surface area contributed by atoms with E-state index in [4.69, 9.17) is 14.2 Å². The first kappa shape index (κ1) is 18.6. The molecule has 1 aromatic rings. The molecule has 1 atom stereocenters. The fraction of sp³-hybridized carbons (Fsp3) is 0.500. The SMILES string of the molecule is CCCC[C@H](NC(=O)c1cc(OC)c(OC)cc1OC)C(=O)O. The van der Waals surface area contributed by atoms with Crippen LogP contribution in [0.1, 0.15) is 36.5 Å². The van der Waals surface area contributed by atoms with Crippen LogP contribution < -0.4 is 19.5 Å². The van der Waals surface area contributed by atoms with E-state index in [1.807, 2.05) is 6.92 Å². The maximum atomic E-state index is 12.4. The maximum absolute atomic E-state index is 12.4. The summed E-state index contributed by atoms with van der Waals surface area (Å²) in [5.74, 6) is -0.544. The van der Waals surface area contributed by atoms with Gasteiger partial charge in [-0.2, -0.15) is 0 Å². The summed E-state index contributed by atoms with van der Waals surface area (Å²) in [6.45, 7) is 1.96. The number of benzene rings is 1. The topological polar surface area (TPSA) is 94.1 Å². The summed E-state index contributed by atoms with van der Waals surface area (Å²) in [4.78, 5) is 23.7. The van der Waals surface area contributed by atoms with Crippen LogP contribution in [0.3, 0.4) is 0 Å². The Morgan fingerprint density at radius 1 is 1.09 bits per heavy atom. The minimum atomic E-state index is -1.06. The first-order chi connectivity index (χ1) is 11.0. The van der Waals surface area contributed by atoms with Crippen molar-refractivity contribution in [1.82, 2.24) is 5.32 Å². The lowest BCUT2D eigenvalue weighted by molar-refractivity contribution is -0.139. The molecule has 0 aliphatic carbocycles. The number of unbranched alkanes of at least 4 members (excludes halogenated alkanes) is 1. The molecule has 7 nitrogen and oxygen atoms in total. The van der Waals surface area contributed by atoms with Gasteiger partial charge in [0.1, 0.15) is 11.8 Å². The molecule has 0 aliphatic heterocycles. The number of aliphatic carboxylic acids is 1. The van der Waals surface area contributed by atoms with Gasteiger partial charge in [-0.1, -0.05) is 19.8 Å². The summed E-state index contributed by atoms with van der Waals surface area (Å²) in [6.07, 6.45) is 1.92. The fourth-order valence-electron chi connectivity index (χ4n) is 2.11. The molecular formula is C16H23NO6. The molecule has 2 N–H and O–H groups in total. The van der Waals surface area contributed by atoms with Crippen LogP contribution in [0.25, 0.3) is 0 Å². The van der Waals surface area contributed by atoms with Crippen LogP contribution in [0.15, 0.2) is 12.1 Å². The van der Waals surface area contributed by atoms with Gasteiger partial charge >= 0.3 is 5.97 Å². The molecule has 7 heteroatoms. The highest BCUT2D eigenvalue weighted by atomic mass is 16.5. The van der Waals surface area contributed by atoms with E-state index in [-0.39, 0.29) is 11.3 Å². The predicted octanol–water partition coefficient (Wildman–Crippen LogP) is 2.09. The number of hydrogen-bond donors (Lipinski definition) is 2. The van der Waals surface area contributed by atoms with Crippen molar-refractivity contribution < 1.29 is 28.9 Å². The predicted molar refractivity (Wildman–Crippen MR) is 84.5 cm³/mol. The van der Waals surface area contributed by atoms with Crippen LogP contribution in [-0.2, 0) is 4.79 Å². The standard InChI is InChI=1S/C16H23NO6/c1-5-6-7-11(16(19)20)17-15(18)10-8-13(22-3)14(23-4)9-12(10)21-2/h8-9,11H,5-7H2,1-4H3,(H,17,18)(H,19,20)/t11-/m0/s1. The average molecular weight is 325 g/mol. The molecule has 0 saturated carbocycles. The number of nitrogens with one attached hydrogen (secondary N) is 1. The summed E-state index contributed by atoms with van der Waals surface area (Å²) >= 11 is 0. The van der Waals surface area contributed by atoms with E-state index in [9.17, 15) is 14.7 Å². The van der Waals surface area contributed by atoms with Crippen molar-refractivity contribution in [3.8, 4) is 17.2 Å². The van der Waals surface area contributed by atoms with Gasteiger partial charge in [0.15, 0.2) is 11.5 Å². The monoisotopic (exact) mass is 325 g/mol. The highest BCUT2D eigenvalue weighted by Crippen LogP contribution is 2.34. The average Bonchev–Trinajstić information content (AvgIpc) is 2.56. The second-order valence-electron chi connectivity index (χ2n) is 4.91. The molecule has 0 radical (unpaired) electrons. The summed E-state index contributed by atoms with van der Waals surface area (Å²) < 4.78 is 15.5. The zero-order valence-electron chi connectivity index (χ0n) is 13.8. The maximum Gasteiger partial charge on any atom is 0.326 e. The molecule has 0 aromatic heterocycles. The van der Waals surface area contributed by atoms with Gasteiger partial charge in [0.25, 0.3) is 5.91 Å². The third-order valence-electron chi connectivity index (χ3n) is 3.40. The molecule has 0 aliphatic rings. The Morgan fingerprint density at radius 2 is 1.65 bits per heavy atom. The minimum Gasteiger partial charge on any atom is -0.496 e. The summed E-state index contributed by atoms with van der Waals surface area (Å²) in [7, 11) is 4.35. The van der Waals surface area contributed by atoms with Gasteiger partial charge in [0.05, 0.1) is 26.9 Å². The summed E-state index contributed by atoms with van der Waals surface area (Å²) in [5.41, 5.74) is 0.188. The van der Waals surface area contributed by atoms with Gasteiger partial charge in [-0.3, -0.25) is 4.79 Å². The second-order valence-corrected chi connectivity index (χ2v) is 4.91. The van der Waals surface area contributed by atoms with E-state index in [0.29, 0.717) is 24.3 Å². The Kier molecular flexibility index (Phi) is 7.18. The smallest absolute Gasteiger partial charge is 0.326 e. The van der Waals surface area contributed by atoms with Gasteiger partial charge in [-0.15, -0.1) is 0 Å². The lowest BCUT2D eigenvalue weighted by Crippen LogP contribution is -2.40. The largest absolute Gasteiger partial charge is 0.496 e. The van der Waals surface area contributed by atoms with Crippen LogP contribution in [0.2, 0.25) is 0 Å². The lowest BCUT2D eigenvalue weighted by atomic mass is 10.1. The van der Waals surface area contributed by atoms with Crippen molar-refractivity contribution in [2.75, 3.05) is 21.3 Å². The lowest BCUT2D eigenvalue weighted by Gasteiger charge is -2.17. The molecule has 0 bridgehead atoms. The highest BCUT2D eigenvalue weighted by molar-refractivity contribution is 5.99. The fourth-order valence-corrected chi connectivity index (χ4v) is 2.11. The number of carbonyl (C=O) groups is 2. The Hall–Kier alpha value is -2.44. The van der Waals surface area contributed by atoms with Gasteiger partial charge in [-0.25, -0.2) is 4.79 Å². The van der Waals surface area contributed by atoms with Gasteiger partial charge in [0, 0.05) is 12.1 Å². The Balaban J connectivity index is 3.07. The van der Waals surface area contributed by atoms with Crippen LogP contribution in [0.5, 0.6) is 17.2 Å². The molecule has 0 saturated heterocycles. The molecule has 0 fully saturated rings. The van der Waals surface area contributed by atoms with E-state index in [1.54, 1.807) is 0 Å². The molecule has 1 amide bonds. The Labute approximate surface area is 135 Å². The summed E-state index contributed by atoms with van der Waals surface area (Å²) in [5, 5.41) is 11.7. The van der Waals surface area contributed by atoms with Crippen molar-refractivity contribution in [3.63, 3.8) is 0 Å². The highest BCUT2D eigenvalue weighted by Gasteiger charge is 2.23. The number of carbonyl (C=O) groups excluding carboxylic acids is 1. The normalized spacial score (nSPS) is 11.5. The van der Waals surface area contributed by atoms with Crippen LogP contribution in [0, 0.1) is 0 Å². The molecule has 1 rings (SSSR count). The number of ether oxygens (including phenoxy) is 3. The zero-order chi connectivity index (χ0) is 17.4. The number of amides is 1. The Bertz CT molecular complexity index is 558. The molecule has 23 heavy (non-hydrogen) atoms. The quantitative estimate of drug-likeness (QED) is 0.722. The van der Waals surface area contributed by atoms with E-state index in [2.05, 4.69) is 5.32 Å². The molecule has 0 unspecified atom stereocenters. The molecule has 1 aromatic carbocycles. The number of methoxy groups -OCH3 is 3. The summed E-state index contributed by atoms with van der Waals surface area (Å²) in [6, 6.07) is 2.04. The zero-order valence-corrected chi connectivity index (χ0v) is 13.8. The van der Waals surface area contributed by atoms with Gasteiger partial charge in [-0.05, 0) is 6.42 Å². The van der Waals surface area contributed by atoms with Crippen molar-refractivity contribution in [3.05, 3.63) is 17.7 Å². The van der Waals surface area contributed by atoms with Crippen molar-refractivity contribution in [2.45, 2.75) is 32.2 Å². The first-order valence-corrected chi connectivity index (χ1v) is 7.32. The Morgan fingerprint density at radius 3 is 2.13 bits per heavy atom. The van der Waals surface area contributed by atoms with Crippen LogP contribution >= 0.6 is 0 Å². The van der Waals surface area contributed by atoms with E-state index < -0.39 is 17.9 Å². The molecule has 0 heterocycles. The molecule has 128 valence electrons. The third-order valence-corrected chi connectivity index (χ3v) is 3.40. The second kappa shape index (κ2) is 8.87. The minimum absolute atomic E-state index is 0.188. The van der Waals surface area contributed by atoms with Crippen LogP contribution in [0.4, 0.5) is 0 Å². The van der Waals surface area contributed by atoms with Crippen molar-refractivity contribution in [2.24, 2.45) is 0 Å². The third kappa shape index (κ3) is 4.77. The number of carboxylic acids is 1. The van der Waals surface area contributed by atoms with E-state index in [0.717, 1.165) is 6.42 Å². The molecule has 0 spiro atoms. The first-order valence-electron chi connectivity index (χ1n) is 7.32.